The van der Waals surface area contributed by atoms with Crippen LogP contribution in [0.15, 0.2) is 0 Å². The number of carbonyl (C=O) groups excluding carboxylic acids is 2. The predicted octanol–water partition coefficient (Wildman–Crippen LogP) is 1.66. The van der Waals surface area contributed by atoms with Crippen molar-refractivity contribution in [1.29, 1.82) is 0 Å². The second-order valence-electron chi connectivity index (χ2n) is 5.29. The molecule has 0 amide bonds. The first-order valence-corrected chi connectivity index (χ1v) is 6.48. The lowest BCUT2D eigenvalue weighted by Crippen LogP contribution is -2.39. The topological polar surface area (TPSA) is 52.6 Å². The molecule has 1 heterocycles. The summed E-state index contributed by atoms with van der Waals surface area (Å²) in [7, 11) is 0. The molecule has 0 bridgehead atoms. The van der Waals surface area contributed by atoms with Crippen molar-refractivity contribution in [2.24, 2.45) is 11.8 Å². The van der Waals surface area contributed by atoms with Crippen molar-refractivity contribution in [3.05, 3.63) is 0 Å². The average molecular weight is 258 g/mol. The Balaban J connectivity index is 1.81. The van der Waals surface area contributed by atoms with Gasteiger partial charge in [0.2, 0.25) is 0 Å². The van der Waals surface area contributed by atoms with Crippen molar-refractivity contribution in [1.82, 2.24) is 0 Å². The van der Waals surface area contributed by atoms with Crippen LogP contribution in [0.1, 0.15) is 33.1 Å². The first kappa shape index (κ1) is 13.5. The maximum absolute atomic E-state index is 13.7. The van der Waals surface area contributed by atoms with Crippen molar-refractivity contribution in [3.63, 3.8) is 0 Å². The highest BCUT2D eigenvalue weighted by Gasteiger charge is 2.48. The summed E-state index contributed by atoms with van der Waals surface area (Å²) in [5.74, 6) is 0.196. The summed E-state index contributed by atoms with van der Waals surface area (Å²) in [5.41, 5.74) is -2.51. The lowest BCUT2D eigenvalue weighted by Gasteiger charge is -2.27. The molecule has 0 aromatic rings. The number of fused-ring (bicyclic) bond motifs is 1. The molecule has 4 nitrogen and oxygen atoms in total. The zero-order valence-corrected chi connectivity index (χ0v) is 10.7. The van der Waals surface area contributed by atoms with Gasteiger partial charge in [-0.15, -0.1) is 0 Å². The zero-order chi connectivity index (χ0) is 13.3. The van der Waals surface area contributed by atoms with E-state index in [2.05, 4.69) is 0 Å². The van der Waals surface area contributed by atoms with Crippen LogP contribution in [0.5, 0.6) is 0 Å². The van der Waals surface area contributed by atoms with Crippen LogP contribution >= 0.6 is 0 Å². The van der Waals surface area contributed by atoms with Crippen molar-refractivity contribution < 1.29 is 23.5 Å². The Bertz CT molecular complexity index is 346. The fourth-order valence-electron chi connectivity index (χ4n) is 2.59. The van der Waals surface area contributed by atoms with Gasteiger partial charge in [0, 0.05) is 0 Å². The fourth-order valence-corrected chi connectivity index (χ4v) is 2.59. The van der Waals surface area contributed by atoms with Gasteiger partial charge in [0.1, 0.15) is 6.61 Å². The molecule has 102 valence electrons. The average Bonchev–Trinajstić information content (AvgIpc) is 3.14. The molecule has 5 heteroatoms. The Kier molecular flexibility index (Phi) is 3.71. The molecule has 1 saturated heterocycles. The van der Waals surface area contributed by atoms with E-state index in [9.17, 15) is 14.0 Å². The molecular weight excluding hydrogens is 239 g/mol. The minimum atomic E-state index is -2.51. The third-order valence-corrected chi connectivity index (χ3v) is 3.99. The standard InChI is InChI=1S/C13H19FO4/c1-3-13(14,7-15)12(16)17-6-10-4-9-5-11(9)8(2)18-10/h7-11H,3-6H2,1-2H3. The van der Waals surface area contributed by atoms with E-state index in [1.807, 2.05) is 6.92 Å². The molecular formula is C13H19FO4. The van der Waals surface area contributed by atoms with Gasteiger partial charge in [-0.3, -0.25) is 4.79 Å². The van der Waals surface area contributed by atoms with E-state index in [4.69, 9.17) is 9.47 Å². The molecule has 0 radical (unpaired) electrons. The first-order valence-electron chi connectivity index (χ1n) is 6.48. The first-order chi connectivity index (χ1) is 8.50. The minimum absolute atomic E-state index is 0.0105. The molecule has 5 atom stereocenters. The fraction of sp³-hybridized carbons (Fsp3) is 0.846. The highest BCUT2D eigenvalue weighted by Crippen LogP contribution is 2.49. The molecule has 5 unspecified atom stereocenters. The van der Waals surface area contributed by atoms with E-state index < -0.39 is 11.6 Å². The Labute approximate surface area is 106 Å². The number of hydrogen-bond donors (Lipinski definition) is 0. The van der Waals surface area contributed by atoms with E-state index >= 15 is 0 Å². The smallest absolute Gasteiger partial charge is 0.351 e. The number of esters is 1. The SMILES string of the molecule is CCC(F)(C=O)C(=O)OCC1CC2CC2C(C)O1. The number of ether oxygens (including phenoxy) is 2. The Morgan fingerprint density at radius 2 is 2.28 bits per heavy atom. The van der Waals surface area contributed by atoms with Gasteiger partial charge >= 0.3 is 5.97 Å². The van der Waals surface area contributed by atoms with Crippen molar-refractivity contribution in [2.45, 2.75) is 51.0 Å². The molecule has 0 aromatic heterocycles. The monoisotopic (exact) mass is 258 g/mol. The number of hydrogen-bond acceptors (Lipinski definition) is 4. The van der Waals surface area contributed by atoms with Crippen molar-refractivity contribution >= 4 is 12.3 Å². The lowest BCUT2D eigenvalue weighted by atomic mass is 10.0. The van der Waals surface area contributed by atoms with Crippen LogP contribution in [0, 0.1) is 11.8 Å². The molecule has 1 aliphatic heterocycles. The number of alkyl halides is 1. The number of aldehydes is 1. The van der Waals surface area contributed by atoms with Crippen LogP contribution < -0.4 is 0 Å². The molecule has 2 fully saturated rings. The van der Waals surface area contributed by atoms with E-state index in [1.165, 1.54) is 13.3 Å². The van der Waals surface area contributed by atoms with Gasteiger partial charge < -0.3 is 9.47 Å². The lowest BCUT2D eigenvalue weighted by molar-refractivity contribution is -0.166. The van der Waals surface area contributed by atoms with E-state index in [-0.39, 0.29) is 31.5 Å². The summed E-state index contributed by atoms with van der Waals surface area (Å²) < 4.78 is 24.2. The van der Waals surface area contributed by atoms with Crippen LogP contribution in [0.25, 0.3) is 0 Å². The predicted molar refractivity (Wildman–Crippen MR) is 61.7 cm³/mol. The number of halogens is 1. The van der Waals surface area contributed by atoms with Crippen LogP contribution in [0.4, 0.5) is 4.39 Å². The highest BCUT2D eigenvalue weighted by atomic mass is 19.1. The molecule has 1 saturated carbocycles. The number of rotatable bonds is 5. The Hall–Kier alpha value is -0.970. The summed E-state index contributed by atoms with van der Waals surface area (Å²) in [5, 5.41) is 0. The maximum atomic E-state index is 13.7. The van der Waals surface area contributed by atoms with Crippen LogP contribution in [-0.2, 0) is 19.1 Å². The van der Waals surface area contributed by atoms with Gasteiger partial charge in [0.15, 0.2) is 6.29 Å². The van der Waals surface area contributed by atoms with Crippen molar-refractivity contribution in [2.75, 3.05) is 6.61 Å². The molecule has 2 rings (SSSR count). The van der Waals surface area contributed by atoms with Crippen LogP contribution in [-0.4, -0.2) is 36.7 Å². The molecule has 0 aromatic carbocycles. The molecule has 18 heavy (non-hydrogen) atoms. The van der Waals surface area contributed by atoms with E-state index in [1.54, 1.807) is 0 Å². The Morgan fingerprint density at radius 3 is 2.83 bits per heavy atom. The molecule has 0 spiro atoms. The largest absolute Gasteiger partial charge is 0.460 e. The van der Waals surface area contributed by atoms with Crippen LogP contribution in [0.2, 0.25) is 0 Å². The summed E-state index contributed by atoms with van der Waals surface area (Å²) >= 11 is 0. The highest BCUT2D eigenvalue weighted by molar-refractivity contribution is 5.96. The summed E-state index contributed by atoms with van der Waals surface area (Å²) in [6, 6.07) is 0. The Morgan fingerprint density at radius 1 is 1.56 bits per heavy atom. The van der Waals surface area contributed by atoms with E-state index in [0.717, 1.165) is 6.42 Å². The maximum Gasteiger partial charge on any atom is 0.351 e. The summed E-state index contributed by atoms with van der Waals surface area (Å²) in [4.78, 5) is 22.0. The van der Waals surface area contributed by atoms with Gasteiger partial charge in [0.25, 0.3) is 5.67 Å². The van der Waals surface area contributed by atoms with Gasteiger partial charge in [-0.25, -0.2) is 9.18 Å². The molecule has 2 aliphatic rings. The van der Waals surface area contributed by atoms with E-state index in [0.29, 0.717) is 11.8 Å². The molecule has 0 N–H and O–H groups in total. The normalized spacial score (nSPS) is 37.3. The summed E-state index contributed by atoms with van der Waals surface area (Å²) in [6.45, 7) is 3.48. The summed E-state index contributed by atoms with van der Waals surface area (Å²) in [6.07, 6.45) is 1.84. The minimum Gasteiger partial charge on any atom is -0.460 e. The third kappa shape index (κ3) is 2.55. The third-order valence-electron chi connectivity index (χ3n) is 3.99. The zero-order valence-electron chi connectivity index (χ0n) is 10.7. The number of carbonyl (C=O) groups is 2. The van der Waals surface area contributed by atoms with Gasteiger partial charge in [-0.1, -0.05) is 6.92 Å². The second kappa shape index (κ2) is 4.96. The van der Waals surface area contributed by atoms with Gasteiger partial charge in [0.05, 0.1) is 12.2 Å². The molecule has 1 aliphatic carbocycles. The van der Waals surface area contributed by atoms with Crippen LogP contribution in [0.3, 0.4) is 0 Å². The quantitative estimate of drug-likeness (QED) is 0.427. The van der Waals surface area contributed by atoms with Gasteiger partial charge in [-0.2, -0.15) is 0 Å². The van der Waals surface area contributed by atoms with Crippen molar-refractivity contribution in [3.8, 4) is 0 Å². The van der Waals surface area contributed by atoms with Gasteiger partial charge in [-0.05, 0) is 38.0 Å². The second-order valence-corrected chi connectivity index (χ2v) is 5.29.